The van der Waals surface area contributed by atoms with Crippen LogP contribution in [-0.4, -0.2) is 17.1 Å². The number of aromatic nitrogens is 2. The molecule has 0 amide bonds. The van der Waals surface area contributed by atoms with Gasteiger partial charge in [0.05, 0.1) is 12.7 Å². The molecule has 2 aromatic heterocycles. The molecule has 2 aromatic rings. The maximum atomic E-state index is 5.08. The minimum atomic E-state index is 0.552. The fraction of sp³-hybridized carbons (Fsp3) is 0.111. The van der Waals surface area contributed by atoms with E-state index in [0.29, 0.717) is 5.88 Å². The molecule has 0 bridgehead atoms. The molecule has 0 aliphatic carbocycles. The zero-order valence-electron chi connectivity index (χ0n) is 7.10. The standard InChI is InChI=1S/C9H8N2O2/c1-12-9-7(3-2-4-10-9)8-5-13-6-11-8/h2-6H,1H3. The van der Waals surface area contributed by atoms with Gasteiger partial charge in [0.15, 0.2) is 6.39 Å². The quantitative estimate of drug-likeness (QED) is 0.699. The molecule has 0 N–H and O–H groups in total. The van der Waals surface area contributed by atoms with E-state index in [0.717, 1.165) is 11.3 Å². The van der Waals surface area contributed by atoms with Crippen molar-refractivity contribution in [3.05, 3.63) is 31.0 Å². The number of nitrogens with zero attached hydrogens (tertiary/aromatic N) is 2. The predicted molar refractivity (Wildman–Crippen MR) is 46.3 cm³/mol. The second-order valence-corrected chi connectivity index (χ2v) is 2.43. The lowest BCUT2D eigenvalue weighted by Crippen LogP contribution is -1.90. The van der Waals surface area contributed by atoms with Crippen molar-refractivity contribution in [3.63, 3.8) is 0 Å². The third kappa shape index (κ3) is 1.38. The Labute approximate surface area is 75.2 Å². The van der Waals surface area contributed by atoms with Crippen LogP contribution in [-0.2, 0) is 0 Å². The molecule has 4 nitrogen and oxygen atoms in total. The van der Waals surface area contributed by atoms with Gasteiger partial charge in [-0.2, -0.15) is 0 Å². The summed E-state index contributed by atoms with van der Waals surface area (Å²) in [5, 5.41) is 0. The van der Waals surface area contributed by atoms with Gasteiger partial charge in [-0.15, -0.1) is 0 Å². The van der Waals surface area contributed by atoms with E-state index in [9.17, 15) is 0 Å². The summed E-state index contributed by atoms with van der Waals surface area (Å²) in [6.45, 7) is 0. The summed E-state index contributed by atoms with van der Waals surface area (Å²) >= 11 is 0. The first-order valence-electron chi connectivity index (χ1n) is 3.79. The molecular formula is C9H8N2O2. The number of methoxy groups -OCH3 is 1. The van der Waals surface area contributed by atoms with E-state index < -0.39 is 0 Å². The van der Waals surface area contributed by atoms with Gasteiger partial charge >= 0.3 is 0 Å². The molecule has 0 unspecified atom stereocenters. The van der Waals surface area contributed by atoms with Crippen LogP contribution >= 0.6 is 0 Å². The minimum Gasteiger partial charge on any atom is -0.481 e. The number of hydrogen-bond acceptors (Lipinski definition) is 4. The summed E-state index contributed by atoms with van der Waals surface area (Å²) in [6.07, 6.45) is 4.60. The molecule has 2 rings (SSSR count). The van der Waals surface area contributed by atoms with Crippen LogP contribution in [0.2, 0.25) is 0 Å². The first kappa shape index (κ1) is 7.79. The molecule has 0 aliphatic rings. The van der Waals surface area contributed by atoms with Gasteiger partial charge in [-0.1, -0.05) is 0 Å². The first-order valence-corrected chi connectivity index (χ1v) is 3.79. The van der Waals surface area contributed by atoms with Crippen molar-refractivity contribution in [2.24, 2.45) is 0 Å². The smallest absolute Gasteiger partial charge is 0.222 e. The average Bonchev–Trinajstić information content (AvgIpc) is 2.70. The zero-order chi connectivity index (χ0) is 9.10. The van der Waals surface area contributed by atoms with Crippen LogP contribution in [0.5, 0.6) is 5.88 Å². The molecule has 0 fully saturated rings. The molecule has 0 radical (unpaired) electrons. The molecular weight excluding hydrogens is 168 g/mol. The van der Waals surface area contributed by atoms with Crippen molar-refractivity contribution >= 4 is 0 Å². The van der Waals surface area contributed by atoms with Gasteiger partial charge in [-0.05, 0) is 12.1 Å². The molecule has 0 spiro atoms. The van der Waals surface area contributed by atoms with Gasteiger partial charge in [0.1, 0.15) is 12.0 Å². The SMILES string of the molecule is COc1ncccc1-c1cocn1. The number of rotatable bonds is 2. The highest BCUT2D eigenvalue weighted by molar-refractivity contribution is 5.63. The summed E-state index contributed by atoms with van der Waals surface area (Å²) in [7, 11) is 1.58. The van der Waals surface area contributed by atoms with E-state index in [1.165, 1.54) is 6.39 Å². The second-order valence-electron chi connectivity index (χ2n) is 2.43. The Morgan fingerprint density at radius 1 is 1.38 bits per heavy atom. The normalized spacial score (nSPS) is 9.92. The van der Waals surface area contributed by atoms with Gasteiger partial charge in [0, 0.05) is 6.20 Å². The fourth-order valence-corrected chi connectivity index (χ4v) is 1.09. The van der Waals surface area contributed by atoms with Crippen molar-refractivity contribution in [1.29, 1.82) is 0 Å². The van der Waals surface area contributed by atoms with E-state index in [-0.39, 0.29) is 0 Å². The highest BCUT2D eigenvalue weighted by atomic mass is 16.5. The topological polar surface area (TPSA) is 48.2 Å². The highest BCUT2D eigenvalue weighted by Gasteiger charge is 2.07. The minimum absolute atomic E-state index is 0.552. The lowest BCUT2D eigenvalue weighted by molar-refractivity contribution is 0.399. The van der Waals surface area contributed by atoms with E-state index in [2.05, 4.69) is 9.97 Å². The van der Waals surface area contributed by atoms with Crippen LogP contribution < -0.4 is 4.74 Å². The largest absolute Gasteiger partial charge is 0.481 e. The van der Waals surface area contributed by atoms with Crippen molar-refractivity contribution in [2.45, 2.75) is 0 Å². The summed E-state index contributed by atoms with van der Waals surface area (Å²) < 4.78 is 9.95. The molecule has 0 atom stereocenters. The third-order valence-corrected chi connectivity index (χ3v) is 1.67. The Kier molecular flexibility index (Phi) is 1.96. The molecule has 0 aromatic carbocycles. The lowest BCUT2D eigenvalue weighted by Gasteiger charge is -2.02. The van der Waals surface area contributed by atoms with Gasteiger partial charge in [0.2, 0.25) is 5.88 Å². The lowest BCUT2D eigenvalue weighted by atomic mass is 10.2. The third-order valence-electron chi connectivity index (χ3n) is 1.67. The van der Waals surface area contributed by atoms with Crippen LogP contribution in [0.15, 0.2) is 35.4 Å². The maximum Gasteiger partial charge on any atom is 0.222 e. The van der Waals surface area contributed by atoms with E-state index in [1.807, 2.05) is 12.1 Å². The predicted octanol–water partition coefficient (Wildman–Crippen LogP) is 1.75. The van der Waals surface area contributed by atoms with E-state index >= 15 is 0 Å². The van der Waals surface area contributed by atoms with Crippen LogP contribution in [0.4, 0.5) is 0 Å². The van der Waals surface area contributed by atoms with Crippen LogP contribution in [0, 0.1) is 0 Å². The Hall–Kier alpha value is -1.84. The maximum absolute atomic E-state index is 5.08. The van der Waals surface area contributed by atoms with Crippen LogP contribution in [0.1, 0.15) is 0 Å². The van der Waals surface area contributed by atoms with Gasteiger partial charge in [-0.25, -0.2) is 9.97 Å². The molecule has 66 valence electrons. The molecule has 2 heterocycles. The Bertz CT molecular complexity index is 384. The Morgan fingerprint density at radius 2 is 2.31 bits per heavy atom. The fourth-order valence-electron chi connectivity index (χ4n) is 1.09. The number of hydrogen-bond donors (Lipinski definition) is 0. The Balaban J connectivity index is 2.51. The molecule has 4 heteroatoms. The van der Waals surface area contributed by atoms with Gasteiger partial charge in [0.25, 0.3) is 0 Å². The summed E-state index contributed by atoms with van der Waals surface area (Å²) in [6, 6.07) is 3.70. The molecule has 13 heavy (non-hydrogen) atoms. The van der Waals surface area contributed by atoms with Gasteiger partial charge in [-0.3, -0.25) is 0 Å². The van der Waals surface area contributed by atoms with Crippen molar-refractivity contribution < 1.29 is 9.15 Å². The highest BCUT2D eigenvalue weighted by Crippen LogP contribution is 2.25. The first-order chi connectivity index (χ1) is 6.42. The molecule has 0 aliphatic heterocycles. The van der Waals surface area contributed by atoms with Crippen molar-refractivity contribution in [3.8, 4) is 17.1 Å². The van der Waals surface area contributed by atoms with Crippen molar-refractivity contribution in [1.82, 2.24) is 9.97 Å². The molecule has 0 saturated heterocycles. The van der Waals surface area contributed by atoms with E-state index in [1.54, 1.807) is 19.6 Å². The zero-order valence-corrected chi connectivity index (χ0v) is 7.10. The van der Waals surface area contributed by atoms with E-state index in [4.69, 9.17) is 9.15 Å². The molecule has 0 saturated carbocycles. The Morgan fingerprint density at radius 3 is 3.00 bits per heavy atom. The average molecular weight is 176 g/mol. The van der Waals surface area contributed by atoms with Gasteiger partial charge < -0.3 is 9.15 Å². The second kappa shape index (κ2) is 3.26. The van der Waals surface area contributed by atoms with Crippen LogP contribution in [0.25, 0.3) is 11.3 Å². The summed E-state index contributed by atoms with van der Waals surface area (Å²) in [5.74, 6) is 0.552. The summed E-state index contributed by atoms with van der Waals surface area (Å²) in [4.78, 5) is 8.06. The van der Waals surface area contributed by atoms with Crippen LogP contribution in [0.3, 0.4) is 0 Å². The number of oxazole rings is 1. The summed E-state index contributed by atoms with van der Waals surface area (Å²) in [5.41, 5.74) is 1.56. The van der Waals surface area contributed by atoms with Crippen molar-refractivity contribution in [2.75, 3.05) is 7.11 Å². The number of ether oxygens (including phenoxy) is 1. The monoisotopic (exact) mass is 176 g/mol. The number of pyridine rings is 1.